The maximum absolute atomic E-state index is 12.4. The van der Waals surface area contributed by atoms with Crippen molar-refractivity contribution in [3.63, 3.8) is 0 Å². The Labute approximate surface area is 130 Å². The number of likely N-dealkylation sites (tertiary alicyclic amines) is 1. The van der Waals surface area contributed by atoms with E-state index in [4.69, 9.17) is 0 Å². The molecule has 1 fully saturated rings. The topological polar surface area (TPSA) is 20.3 Å². The summed E-state index contributed by atoms with van der Waals surface area (Å²) in [6.45, 7) is 6.09. The predicted molar refractivity (Wildman–Crippen MR) is 87.3 cm³/mol. The number of nitrogens with zero attached hydrogens (tertiary/aromatic N) is 1. The van der Waals surface area contributed by atoms with Gasteiger partial charge in [0.25, 0.3) is 0 Å². The van der Waals surface area contributed by atoms with Gasteiger partial charge in [-0.1, -0.05) is 34.1 Å². The van der Waals surface area contributed by atoms with Gasteiger partial charge < -0.3 is 4.90 Å². The molecule has 2 nitrogen and oxygen atoms in total. The number of hydrogen-bond acceptors (Lipinski definition) is 1. The molecule has 2 rings (SSSR count). The monoisotopic (exact) mass is 337 g/mol. The van der Waals surface area contributed by atoms with Gasteiger partial charge in [-0.2, -0.15) is 0 Å². The first-order valence-corrected chi connectivity index (χ1v) is 8.62. The molecule has 0 bridgehead atoms. The van der Waals surface area contributed by atoms with Gasteiger partial charge in [0.2, 0.25) is 5.91 Å². The molecule has 0 aromatic heterocycles. The molecule has 20 heavy (non-hydrogen) atoms. The van der Waals surface area contributed by atoms with Gasteiger partial charge in [-0.25, -0.2) is 0 Å². The Morgan fingerprint density at radius 3 is 2.85 bits per heavy atom. The molecule has 0 saturated carbocycles. The number of carbonyl (C=O) groups is 1. The molecular weight excluding hydrogens is 314 g/mol. The van der Waals surface area contributed by atoms with Crippen LogP contribution in [0.25, 0.3) is 0 Å². The largest absolute Gasteiger partial charge is 0.342 e. The third-order valence-electron chi connectivity index (χ3n) is 4.32. The standard InChI is InChI=1S/C17H24BrNO/c1-13-5-6-16(10-14(13)2)11-17(20)19-9-3-4-15(12-19)7-8-18/h5-6,10,15H,3-4,7-9,11-12H2,1-2H3. The molecule has 1 aliphatic rings. The van der Waals surface area contributed by atoms with Gasteiger partial charge in [0.05, 0.1) is 6.42 Å². The van der Waals surface area contributed by atoms with Crippen LogP contribution in [0.3, 0.4) is 0 Å². The van der Waals surface area contributed by atoms with Crippen LogP contribution >= 0.6 is 15.9 Å². The first kappa shape index (κ1) is 15.6. The third kappa shape index (κ3) is 4.08. The normalized spacial score (nSPS) is 19.1. The van der Waals surface area contributed by atoms with Crippen molar-refractivity contribution in [2.75, 3.05) is 18.4 Å². The highest BCUT2D eigenvalue weighted by Gasteiger charge is 2.23. The summed E-state index contributed by atoms with van der Waals surface area (Å²) in [4.78, 5) is 14.5. The van der Waals surface area contributed by atoms with Crippen LogP contribution in [0.4, 0.5) is 0 Å². The van der Waals surface area contributed by atoms with E-state index in [1.807, 2.05) is 0 Å². The Morgan fingerprint density at radius 1 is 1.35 bits per heavy atom. The zero-order valence-electron chi connectivity index (χ0n) is 12.5. The Bertz CT molecular complexity index is 470. The van der Waals surface area contributed by atoms with Crippen LogP contribution in [0.5, 0.6) is 0 Å². The van der Waals surface area contributed by atoms with Gasteiger partial charge in [-0.05, 0) is 55.7 Å². The summed E-state index contributed by atoms with van der Waals surface area (Å²) >= 11 is 3.51. The van der Waals surface area contributed by atoms with Crippen molar-refractivity contribution in [2.24, 2.45) is 5.92 Å². The zero-order valence-corrected chi connectivity index (χ0v) is 14.1. The van der Waals surface area contributed by atoms with Crippen LogP contribution in [0.15, 0.2) is 18.2 Å². The van der Waals surface area contributed by atoms with E-state index < -0.39 is 0 Å². The molecule has 1 amide bonds. The highest BCUT2D eigenvalue weighted by molar-refractivity contribution is 9.09. The maximum atomic E-state index is 12.4. The van der Waals surface area contributed by atoms with Crippen LogP contribution in [0.1, 0.15) is 36.0 Å². The second kappa shape index (κ2) is 7.26. The summed E-state index contributed by atoms with van der Waals surface area (Å²) < 4.78 is 0. The van der Waals surface area contributed by atoms with Crippen molar-refractivity contribution >= 4 is 21.8 Å². The second-order valence-electron chi connectivity index (χ2n) is 5.92. The van der Waals surface area contributed by atoms with E-state index in [9.17, 15) is 4.79 Å². The summed E-state index contributed by atoms with van der Waals surface area (Å²) in [7, 11) is 0. The fourth-order valence-corrected chi connectivity index (χ4v) is 3.53. The lowest BCUT2D eigenvalue weighted by Gasteiger charge is -2.32. The predicted octanol–water partition coefficient (Wildman–Crippen LogP) is 3.87. The number of carbonyl (C=O) groups excluding carboxylic acids is 1. The Balaban J connectivity index is 1.95. The van der Waals surface area contributed by atoms with Crippen molar-refractivity contribution in [2.45, 2.75) is 39.5 Å². The van der Waals surface area contributed by atoms with Crippen LogP contribution in [0, 0.1) is 19.8 Å². The highest BCUT2D eigenvalue weighted by atomic mass is 79.9. The maximum Gasteiger partial charge on any atom is 0.226 e. The fourth-order valence-electron chi connectivity index (χ4n) is 2.88. The van der Waals surface area contributed by atoms with Gasteiger partial charge in [0, 0.05) is 18.4 Å². The summed E-state index contributed by atoms with van der Waals surface area (Å²) in [6.07, 6.45) is 4.13. The molecule has 0 N–H and O–H groups in total. The van der Waals surface area contributed by atoms with Crippen LogP contribution in [-0.2, 0) is 11.2 Å². The molecule has 0 aliphatic carbocycles. The van der Waals surface area contributed by atoms with Gasteiger partial charge in [-0.15, -0.1) is 0 Å². The number of hydrogen-bond donors (Lipinski definition) is 0. The molecule has 3 heteroatoms. The number of aryl methyl sites for hydroxylation is 2. The second-order valence-corrected chi connectivity index (χ2v) is 6.71. The van der Waals surface area contributed by atoms with Gasteiger partial charge in [0.1, 0.15) is 0 Å². The molecule has 1 aromatic rings. The fraction of sp³-hybridized carbons (Fsp3) is 0.588. The smallest absolute Gasteiger partial charge is 0.226 e. The lowest BCUT2D eigenvalue weighted by molar-refractivity contribution is -0.132. The first-order chi connectivity index (χ1) is 9.60. The number of piperidine rings is 1. The van der Waals surface area contributed by atoms with Crippen molar-refractivity contribution in [3.8, 4) is 0 Å². The number of benzene rings is 1. The van der Waals surface area contributed by atoms with Gasteiger partial charge in [-0.3, -0.25) is 4.79 Å². The highest BCUT2D eigenvalue weighted by Crippen LogP contribution is 2.21. The molecule has 1 saturated heterocycles. The van der Waals surface area contributed by atoms with Crippen molar-refractivity contribution in [1.82, 2.24) is 4.90 Å². The van der Waals surface area contributed by atoms with E-state index in [-0.39, 0.29) is 5.91 Å². The quantitative estimate of drug-likeness (QED) is 0.763. The zero-order chi connectivity index (χ0) is 14.5. The van der Waals surface area contributed by atoms with Gasteiger partial charge in [0.15, 0.2) is 0 Å². The average molecular weight is 338 g/mol. The Morgan fingerprint density at radius 2 is 2.15 bits per heavy atom. The van der Waals surface area contributed by atoms with Crippen molar-refractivity contribution in [1.29, 1.82) is 0 Å². The van der Waals surface area contributed by atoms with E-state index >= 15 is 0 Å². The lowest BCUT2D eigenvalue weighted by Crippen LogP contribution is -2.40. The van der Waals surface area contributed by atoms with E-state index in [0.717, 1.165) is 30.4 Å². The summed E-state index contributed by atoms with van der Waals surface area (Å²) in [6, 6.07) is 6.34. The average Bonchev–Trinajstić information content (AvgIpc) is 2.43. The van der Waals surface area contributed by atoms with Crippen LogP contribution in [0.2, 0.25) is 0 Å². The summed E-state index contributed by atoms with van der Waals surface area (Å²) in [5.74, 6) is 0.958. The number of rotatable bonds is 4. The molecule has 1 aromatic carbocycles. The molecule has 0 radical (unpaired) electrons. The number of alkyl halides is 1. The SMILES string of the molecule is Cc1ccc(CC(=O)N2CCCC(CCBr)C2)cc1C. The van der Waals surface area contributed by atoms with E-state index in [0.29, 0.717) is 12.3 Å². The van der Waals surface area contributed by atoms with Crippen molar-refractivity contribution < 1.29 is 4.79 Å². The van der Waals surface area contributed by atoms with Crippen LogP contribution < -0.4 is 0 Å². The van der Waals surface area contributed by atoms with E-state index in [1.54, 1.807) is 0 Å². The first-order valence-electron chi connectivity index (χ1n) is 7.50. The van der Waals surface area contributed by atoms with Crippen LogP contribution in [-0.4, -0.2) is 29.2 Å². The third-order valence-corrected chi connectivity index (χ3v) is 4.77. The van der Waals surface area contributed by atoms with Crippen molar-refractivity contribution in [3.05, 3.63) is 34.9 Å². The van der Waals surface area contributed by atoms with Gasteiger partial charge >= 0.3 is 0 Å². The molecule has 1 unspecified atom stereocenters. The molecule has 0 spiro atoms. The minimum atomic E-state index is 0.285. The molecular formula is C17H24BrNO. The minimum absolute atomic E-state index is 0.285. The molecule has 1 aliphatic heterocycles. The van der Waals surface area contributed by atoms with E-state index in [2.05, 4.69) is 52.9 Å². The lowest BCUT2D eigenvalue weighted by atomic mass is 9.95. The van der Waals surface area contributed by atoms with E-state index in [1.165, 1.54) is 24.0 Å². The molecule has 1 atom stereocenters. The number of halogens is 1. The molecule has 110 valence electrons. The number of amides is 1. The Hall–Kier alpha value is -0.830. The molecule has 1 heterocycles. The summed E-state index contributed by atoms with van der Waals surface area (Å²) in [5, 5.41) is 1.04. The minimum Gasteiger partial charge on any atom is -0.342 e. The Kier molecular flexibility index (Phi) is 5.64. The summed E-state index contributed by atoms with van der Waals surface area (Å²) in [5.41, 5.74) is 3.70.